The summed E-state index contributed by atoms with van der Waals surface area (Å²) in [6.07, 6.45) is 0.908. The summed E-state index contributed by atoms with van der Waals surface area (Å²) >= 11 is 0. The first-order chi connectivity index (χ1) is 5.97. The Morgan fingerprint density at radius 1 is 0.929 bits per heavy atom. The molecular weight excluding hydrogens is 172 g/mol. The zero-order chi connectivity index (χ0) is 11.8. The van der Waals surface area contributed by atoms with Crippen molar-refractivity contribution < 1.29 is 4.79 Å². The van der Waals surface area contributed by atoms with Gasteiger partial charge in [0.2, 0.25) is 0 Å². The summed E-state index contributed by atoms with van der Waals surface area (Å²) in [6, 6.07) is 0. The molecule has 0 bridgehead atoms. The molecule has 0 unspecified atom stereocenters. The lowest BCUT2D eigenvalue weighted by molar-refractivity contribution is -0.141. The molecule has 0 spiro atoms. The molecule has 84 valence electrons. The van der Waals surface area contributed by atoms with Crippen LogP contribution in [0.2, 0.25) is 0 Å². The molecule has 0 fully saturated rings. The van der Waals surface area contributed by atoms with Gasteiger partial charge in [-0.2, -0.15) is 0 Å². The minimum atomic E-state index is -0.257. The minimum absolute atomic E-state index is 0.0243. The zero-order valence-electron chi connectivity index (χ0n) is 11.1. The van der Waals surface area contributed by atoms with Crippen molar-refractivity contribution in [2.24, 2.45) is 16.2 Å². The maximum Gasteiger partial charge on any atom is 0.144 e. The monoisotopic (exact) mass is 198 g/mol. The van der Waals surface area contributed by atoms with Gasteiger partial charge in [-0.05, 0) is 11.8 Å². The van der Waals surface area contributed by atoms with Gasteiger partial charge >= 0.3 is 0 Å². The van der Waals surface area contributed by atoms with E-state index in [0.29, 0.717) is 5.78 Å². The van der Waals surface area contributed by atoms with Gasteiger partial charge < -0.3 is 0 Å². The lowest BCUT2D eigenvalue weighted by Gasteiger charge is -2.42. The van der Waals surface area contributed by atoms with Gasteiger partial charge in [0, 0.05) is 10.8 Å². The number of hydrogen-bond acceptors (Lipinski definition) is 1. The predicted octanol–water partition coefficient (Wildman–Crippen LogP) is 4.06. The van der Waals surface area contributed by atoms with Crippen LogP contribution in [-0.2, 0) is 4.79 Å². The van der Waals surface area contributed by atoms with Crippen LogP contribution in [0.1, 0.15) is 61.8 Å². The van der Waals surface area contributed by atoms with Gasteiger partial charge in [-0.1, -0.05) is 55.4 Å². The molecule has 14 heavy (non-hydrogen) atoms. The molecule has 0 aromatic rings. The number of ketones is 1. The van der Waals surface area contributed by atoms with Crippen molar-refractivity contribution in [3.05, 3.63) is 0 Å². The van der Waals surface area contributed by atoms with Crippen LogP contribution in [-0.4, -0.2) is 5.78 Å². The van der Waals surface area contributed by atoms with E-state index in [9.17, 15) is 4.79 Å². The molecule has 0 atom stereocenters. The molecule has 1 nitrogen and oxygen atoms in total. The van der Waals surface area contributed by atoms with Gasteiger partial charge in [-0.3, -0.25) is 4.79 Å². The normalized spacial score (nSPS) is 14.3. The quantitative estimate of drug-likeness (QED) is 0.668. The average Bonchev–Trinajstić information content (AvgIpc) is 2.01. The molecule has 0 saturated heterocycles. The Hall–Kier alpha value is -0.330. The van der Waals surface area contributed by atoms with Gasteiger partial charge in [0.15, 0.2) is 0 Å². The predicted molar refractivity (Wildman–Crippen MR) is 62.3 cm³/mol. The van der Waals surface area contributed by atoms with Crippen LogP contribution in [0.3, 0.4) is 0 Å². The summed E-state index contributed by atoms with van der Waals surface area (Å²) in [5, 5.41) is 0. The zero-order valence-corrected chi connectivity index (χ0v) is 11.1. The molecule has 0 aromatic carbocycles. The van der Waals surface area contributed by atoms with Crippen molar-refractivity contribution in [2.75, 3.05) is 0 Å². The summed E-state index contributed by atoms with van der Waals surface area (Å²) in [6.45, 7) is 16.7. The Bertz CT molecular complexity index is 216. The van der Waals surface area contributed by atoms with E-state index in [2.05, 4.69) is 41.5 Å². The highest BCUT2D eigenvalue weighted by Crippen LogP contribution is 2.44. The topological polar surface area (TPSA) is 17.1 Å². The molecule has 0 heterocycles. The van der Waals surface area contributed by atoms with Gasteiger partial charge in [-0.15, -0.1) is 0 Å². The number of carbonyl (C=O) groups is 1. The molecule has 0 N–H and O–H groups in total. The standard InChI is InChI=1S/C13H26O/c1-9-12(5,6)10(14)13(7,8)11(2,3)4/h9H2,1-8H3. The number of carbonyl (C=O) groups excluding carboxylic acids is 1. The smallest absolute Gasteiger partial charge is 0.144 e. The molecule has 0 aliphatic heterocycles. The summed E-state index contributed by atoms with van der Waals surface area (Å²) in [7, 11) is 0. The largest absolute Gasteiger partial charge is 0.298 e. The van der Waals surface area contributed by atoms with E-state index in [-0.39, 0.29) is 16.2 Å². The van der Waals surface area contributed by atoms with Crippen molar-refractivity contribution in [2.45, 2.75) is 61.8 Å². The highest BCUT2D eigenvalue weighted by molar-refractivity contribution is 5.89. The number of rotatable bonds is 3. The van der Waals surface area contributed by atoms with E-state index in [1.165, 1.54) is 0 Å². The highest BCUT2D eigenvalue weighted by atomic mass is 16.1. The summed E-state index contributed by atoms with van der Waals surface area (Å²) in [4.78, 5) is 12.4. The third kappa shape index (κ3) is 2.37. The molecule has 0 amide bonds. The summed E-state index contributed by atoms with van der Waals surface area (Å²) in [5.74, 6) is 0.375. The van der Waals surface area contributed by atoms with Crippen LogP contribution in [0, 0.1) is 16.2 Å². The second-order valence-electron chi connectivity index (χ2n) is 6.44. The van der Waals surface area contributed by atoms with Crippen molar-refractivity contribution in [1.29, 1.82) is 0 Å². The SMILES string of the molecule is CCC(C)(C)C(=O)C(C)(C)C(C)(C)C. The fraction of sp³-hybridized carbons (Fsp3) is 0.923. The Morgan fingerprint density at radius 3 is 1.50 bits per heavy atom. The molecule has 1 heteroatoms. The number of Topliss-reactive ketones (excluding diaryl/α,β-unsaturated/α-hetero) is 1. The van der Waals surface area contributed by atoms with E-state index < -0.39 is 0 Å². The molecule has 0 aliphatic carbocycles. The van der Waals surface area contributed by atoms with E-state index in [1.807, 2.05) is 13.8 Å². The average molecular weight is 198 g/mol. The number of hydrogen-bond donors (Lipinski definition) is 0. The molecular formula is C13H26O. The molecule has 0 aromatic heterocycles. The molecule has 0 radical (unpaired) electrons. The maximum atomic E-state index is 12.4. The second-order valence-corrected chi connectivity index (χ2v) is 6.44. The summed E-state index contributed by atoms with van der Waals surface area (Å²) < 4.78 is 0. The van der Waals surface area contributed by atoms with Gasteiger partial charge in [0.25, 0.3) is 0 Å². The fourth-order valence-electron chi connectivity index (χ4n) is 1.35. The van der Waals surface area contributed by atoms with Gasteiger partial charge in [-0.25, -0.2) is 0 Å². The van der Waals surface area contributed by atoms with Crippen LogP contribution in [0.5, 0.6) is 0 Å². The first-order valence-corrected chi connectivity index (χ1v) is 5.51. The van der Waals surface area contributed by atoms with Crippen molar-refractivity contribution in [1.82, 2.24) is 0 Å². The van der Waals surface area contributed by atoms with E-state index in [4.69, 9.17) is 0 Å². The Balaban J connectivity index is 5.05. The Kier molecular flexibility index (Phi) is 3.59. The lowest BCUT2D eigenvalue weighted by Crippen LogP contribution is -2.44. The molecule has 0 aliphatic rings. The Labute approximate surface area is 89.3 Å². The second kappa shape index (κ2) is 3.67. The minimum Gasteiger partial charge on any atom is -0.298 e. The van der Waals surface area contributed by atoms with Gasteiger partial charge in [0.05, 0.1) is 0 Å². The van der Waals surface area contributed by atoms with Crippen LogP contribution >= 0.6 is 0 Å². The van der Waals surface area contributed by atoms with Crippen molar-refractivity contribution in [3.63, 3.8) is 0 Å². The van der Waals surface area contributed by atoms with Crippen molar-refractivity contribution in [3.8, 4) is 0 Å². The molecule has 0 saturated carbocycles. The first-order valence-electron chi connectivity index (χ1n) is 5.51. The molecule has 0 rings (SSSR count). The fourth-order valence-corrected chi connectivity index (χ4v) is 1.35. The first kappa shape index (κ1) is 13.7. The van der Waals surface area contributed by atoms with E-state index >= 15 is 0 Å². The third-order valence-electron chi connectivity index (χ3n) is 3.94. The highest BCUT2D eigenvalue weighted by Gasteiger charge is 2.45. The maximum absolute atomic E-state index is 12.4. The Morgan fingerprint density at radius 2 is 1.29 bits per heavy atom. The van der Waals surface area contributed by atoms with E-state index in [1.54, 1.807) is 0 Å². The van der Waals surface area contributed by atoms with Crippen LogP contribution in [0.15, 0.2) is 0 Å². The van der Waals surface area contributed by atoms with Crippen molar-refractivity contribution >= 4 is 5.78 Å². The van der Waals surface area contributed by atoms with Crippen LogP contribution in [0.25, 0.3) is 0 Å². The van der Waals surface area contributed by atoms with Crippen LogP contribution in [0.4, 0.5) is 0 Å². The van der Waals surface area contributed by atoms with Gasteiger partial charge in [0.1, 0.15) is 5.78 Å². The lowest BCUT2D eigenvalue weighted by atomic mass is 9.61. The van der Waals surface area contributed by atoms with Crippen LogP contribution < -0.4 is 0 Å². The third-order valence-corrected chi connectivity index (χ3v) is 3.94. The van der Waals surface area contributed by atoms with E-state index in [0.717, 1.165) is 6.42 Å². The summed E-state index contributed by atoms with van der Waals surface area (Å²) in [5.41, 5.74) is -0.431.